The van der Waals surface area contributed by atoms with Crippen molar-refractivity contribution in [3.63, 3.8) is 0 Å². The van der Waals surface area contributed by atoms with Crippen LogP contribution in [0.4, 0.5) is 0 Å². The van der Waals surface area contributed by atoms with Gasteiger partial charge in [-0.1, -0.05) is 54.6 Å². The van der Waals surface area contributed by atoms with Crippen LogP contribution < -0.4 is 9.47 Å². The van der Waals surface area contributed by atoms with E-state index in [0.29, 0.717) is 57.1 Å². The van der Waals surface area contributed by atoms with Crippen LogP contribution in [0.5, 0.6) is 11.5 Å². The van der Waals surface area contributed by atoms with Gasteiger partial charge in [0.25, 0.3) is 0 Å². The highest BCUT2D eigenvalue weighted by molar-refractivity contribution is 5.84. The van der Waals surface area contributed by atoms with Crippen molar-refractivity contribution in [2.24, 2.45) is 0 Å². The Labute approximate surface area is 218 Å². The molecular weight excluding hydrogens is 466 g/mol. The Morgan fingerprint density at radius 1 is 0.973 bits per heavy atom. The van der Waals surface area contributed by atoms with Gasteiger partial charge in [-0.25, -0.2) is 0 Å². The van der Waals surface area contributed by atoms with Crippen molar-refractivity contribution in [1.82, 2.24) is 4.90 Å². The highest BCUT2D eigenvalue weighted by atomic mass is 16.5. The fourth-order valence-corrected chi connectivity index (χ4v) is 5.32. The number of carbonyl (C=O) groups excluding carboxylic acids is 2. The Bertz CT molecular complexity index is 1240. The summed E-state index contributed by atoms with van der Waals surface area (Å²) in [5.74, 6) is 1.62. The molecule has 37 heavy (non-hydrogen) atoms. The molecule has 0 bridgehead atoms. The summed E-state index contributed by atoms with van der Waals surface area (Å²) in [5.41, 5.74) is 5.93. The van der Waals surface area contributed by atoms with Gasteiger partial charge in [0.05, 0.1) is 20.3 Å². The zero-order valence-corrected chi connectivity index (χ0v) is 21.4. The van der Waals surface area contributed by atoms with Crippen molar-refractivity contribution in [2.45, 2.75) is 38.2 Å². The number of hydrogen-bond donors (Lipinski definition) is 0. The van der Waals surface area contributed by atoms with E-state index in [1.54, 1.807) is 14.0 Å². The van der Waals surface area contributed by atoms with Crippen molar-refractivity contribution in [3.8, 4) is 22.6 Å². The number of aryl methyl sites for hydroxylation is 1. The molecule has 1 unspecified atom stereocenters. The second-order valence-electron chi connectivity index (χ2n) is 9.76. The summed E-state index contributed by atoms with van der Waals surface area (Å²) in [6.45, 7) is 3.48. The Kier molecular flexibility index (Phi) is 7.56. The fourth-order valence-electron chi connectivity index (χ4n) is 5.32. The first-order valence-corrected chi connectivity index (χ1v) is 12.9. The molecule has 1 fully saturated rings. The lowest BCUT2D eigenvalue weighted by Crippen LogP contribution is -2.47. The summed E-state index contributed by atoms with van der Waals surface area (Å²) < 4.78 is 17.5. The molecule has 1 aliphatic carbocycles. The van der Waals surface area contributed by atoms with Gasteiger partial charge in [-0.05, 0) is 53.3 Å². The molecule has 0 N–H and O–H groups in total. The van der Waals surface area contributed by atoms with Gasteiger partial charge >= 0.3 is 0 Å². The highest BCUT2D eigenvalue weighted by Gasteiger charge is 2.32. The van der Waals surface area contributed by atoms with Gasteiger partial charge in [0.1, 0.15) is 18.5 Å². The number of ketones is 1. The molecule has 0 spiro atoms. The molecule has 0 radical (unpaired) electrons. The first kappa shape index (κ1) is 25.0. The fraction of sp³-hybridized carbons (Fsp3) is 0.355. The van der Waals surface area contributed by atoms with Gasteiger partial charge in [-0.15, -0.1) is 0 Å². The van der Waals surface area contributed by atoms with E-state index in [9.17, 15) is 9.59 Å². The van der Waals surface area contributed by atoms with E-state index in [4.69, 9.17) is 14.2 Å². The first-order valence-electron chi connectivity index (χ1n) is 12.9. The van der Waals surface area contributed by atoms with Crippen LogP contribution in [0, 0.1) is 0 Å². The Morgan fingerprint density at radius 2 is 1.68 bits per heavy atom. The van der Waals surface area contributed by atoms with Crippen molar-refractivity contribution < 1.29 is 23.8 Å². The SMILES string of the molecule is COc1cc(CCC(C)=O)ccc1OCC1CN(C(=O)CC2c3ccccc3-c3ccccc32)CCO1. The Balaban J connectivity index is 1.21. The number of benzene rings is 3. The number of morpholine rings is 1. The van der Waals surface area contributed by atoms with Gasteiger partial charge in [-0.2, -0.15) is 0 Å². The van der Waals surface area contributed by atoms with Gasteiger partial charge in [0.15, 0.2) is 11.5 Å². The molecule has 1 amide bonds. The topological polar surface area (TPSA) is 65.1 Å². The first-order chi connectivity index (χ1) is 18.0. The minimum atomic E-state index is -0.219. The number of hydrogen-bond acceptors (Lipinski definition) is 5. The van der Waals surface area contributed by atoms with Crippen LogP contribution in [0.15, 0.2) is 66.7 Å². The average Bonchev–Trinajstić information content (AvgIpc) is 3.24. The van der Waals surface area contributed by atoms with Crippen molar-refractivity contribution in [1.29, 1.82) is 0 Å². The Morgan fingerprint density at radius 3 is 2.35 bits per heavy atom. The second-order valence-corrected chi connectivity index (χ2v) is 9.76. The molecule has 1 saturated heterocycles. The number of methoxy groups -OCH3 is 1. The molecule has 1 heterocycles. The summed E-state index contributed by atoms with van der Waals surface area (Å²) in [6, 6.07) is 22.5. The van der Waals surface area contributed by atoms with E-state index in [2.05, 4.69) is 48.5 Å². The zero-order chi connectivity index (χ0) is 25.8. The molecule has 0 aromatic heterocycles. The number of Topliss-reactive ketones (excluding diaryl/α,β-unsaturated/α-hetero) is 1. The smallest absolute Gasteiger partial charge is 0.223 e. The molecule has 0 saturated carbocycles. The van der Waals surface area contributed by atoms with Gasteiger partial charge in [0.2, 0.25) is 5.91 Å². The predicted molar refractivity (Wildman–Crippen MR) is 142 cm³/mol. The molecular formula is C31H33NO5. The lowest BCUT2D eigenvalue weighted by Gasteiger charge is -2.33. The third-order valence-electron chi connectivity index (χ3n) is 7.25. The maximum Gasteiger partial charge on any atom is 0.223 e. The number of rotatable bonds is 9. The van der Waals surface area contributed by atoms with E-state index >= 15 is 0 Å². The highest BCUT2D eigenvalue weighted by Crippen LogP contribution is 2.46. The average molecular weight is 500 g/mol. The van der Waals surface area contributed by atoms with Crippen LogP contribution in [0.1, 0.15) is 42.4 Å². The maximum absolute atomic E-state index is 13.4. The van der Waals surface area contributed by atoms with Crippen LogP contribution in [0.2, 0.25) is 0 Å². The van der Waals surface area contributed by atoms with Gasteiger partial charge in [0, 0.05) is 25.3 Å². The standard InChI is InChI=1S/C31H33NO5/c1-21(33)11-12-22-13-14-29(30(17-22)35-2)37-20-23-19-32(15-16-36-23)31(34)18-28-26-9-5-3-7-24(26)25-8-4-6-10-27(25)28/h3-10,13-14,17,23,28H,11-12,15-16,18-20H2,1-2H3. The summed E-state index contributed by atoms with van der Waals surface area (Å²) >= 11 is 0. The molecule has 1 atom stereocenters. The third kappa shape index (κ3) is 5.54. The van der Waals surface area contributed by atoms with E-state index in [-0.39, 0.29) is 23.7 Å². The van der Waals surface area contributed by atoms with E-state index < -0.39 is 0 Å². The number of carbonyl (C=O) groups is 2. The van der Waals surface area contributed by atoms with Gasteiger partial charge in [-0.3, -0.25) is 4.79 Å². The van der Waals surface area contributed by atoms with E-state index in [1.165, 1.54) is 22.3 Å². The van der Waals surface area contributed by atoms with Crippen LogP contribution in [0.3, 0.4) is 0 Å². The van der Waals surface area contributed by atoms with E-state index in [0.717, 1.165) is 5.56 Å². The van der Waals surface area contributed by atoms with Gasteiger partial charge < -0.3 is 23.9 Å². The molecule has 192 valence electrons. The number of fused-ring (bicyclic) bond motifs is 3. The van der Waals surface area contributed by atoms with Crippen molar-refractivity contribution >= 4 is 11.7 Å². The minimum Gasteiger partial charge on any atom is -0.493 e. The number of nitrogens with zero attached hydrogens (tertiary/aromatic N) is 1. The molecule has 3 aromatic rings. The number of ether oxygens (including phenoxy) is 3. The molecule has 2 aliphatic rings. The quantitative estimate of drug-likeness (QED) is 0.413. The van der Waals surface area contributed by atoms with Crippen molar-refractivity contribution in [2.75, 3.05) is 33.4 Å². The summed E-state index contributed by atoms with van der Waals surface area (Å²) in [4.78, 5) is 26.6. The Hall–Kier alpha value is -3.64. The lowest BCUT2D eigenvalue weighted by atomic mass is 9.93. The van der Waals surface area contributed by atoms with E-state index in [1.807, 2.05) is 23.1 Å². The summed E-state index contributed by atoms with van der Waals surface area (Å²) in [6.07, 6.45) is 1.39. The molecule has 1 aliphatic heterocycles. The minimum absolute atomic E-state index is 0.0724. The lowest BCUT2D eigenvalue weighted by molar-refractivity contribution is -0.140. The van der Waals surface area contributed by atoms with Crippen molar-refractivity contribution in [3.05, 3.63) is 83.4 Å². The van der Waals surface area contributed by atoms with Crippen LogP contribution >= 0.6 is 0 Å². The molecule has 6 nitrogen and oxygen atoms in total. The predicted octanol–water partition coefficient (Wildman–Crippen LogP) is 5.03. The van der Waals surface area contributed by atoms with Crippen LogP contribution in [0.25, 0.3) is 11.1 Å². The summed E-state index contributed by atoms with van der Waals surface area (Å²) in [7, 11) is 1.60. The monoisotopic (exact) mass is 499 g/mol. The summed E-state index contributed by atoms with van der Waals surface area (Å²) in [5, 5.41) is 0. The third-order valence-corrected chi connectivity index (χ3v) is 7.25. The molecule has 5 rings (SSSR count). The largest absolute Gasteiger partial charge is 0.493 e. The molecule has 3 aromatic carbocycles. The molecule has 6 heteroatoms. The van der Waals surface area contributed by atoms with Crippen LogP contribution in [-0.2, 0) is 20.7 Å². The number of amides is 1. The second kappa shape index (κ2) is 11.2. The normalized spacial score (nSPS) is 16.7. The van der Waals surface area contributed by atoms with Crippen LogP contribution in [-0.4, -0.2) is 56.1 Å². The maximum atomic E-state index is 13.4. The zero-order valence-electron chi connectivity index (χ0n) is 21.4.